The molecule has 0 aromatic heterocycles. The van der Waals surface area contributed by atoms with Crippen molar-refractivity contribution >= 4 is 10.0 Å². The van der Waals surface area contributed by atoms with E-state index in [0.29, 0.717) is 6.61 Å². The SMILES string of the molecule is CC(NS(=O)(=O)C(C)CO)C1CCCO1. The second kappa shape index (κ2) is 5.25. The Labute approximate surface area is 90.9 Å². The van der Waals surface area contributed by atoms with E-state index < -0.39 is 15.3 Å². The van der Waals surface area contributed by atoms with Gasteiger partial charge in [-0.3, -0.25) is 0 Å². The number of ether oxygens (including phenoxy) is 1. The molecule has 6 heteroatoms. The van der Waals surface area contributed by atoms with Crippen LogP contribution in [0, 0.1) is 0 Å². The maximum absolute atomic E-state index is 11.6. The molecular weight excluding hydrogens is 218 g/mol. The molecule has 1 heterocycles. The molecule has 3 atom stereocenters. The highest BCUT2D eigenvalue weighted by atomic mass is 32.2. The van der Waals surface area contributed by atoms with Crippen molar-refractivity contribution in [3.8, 4) is 0 Å². The van der Waals surface area contributed by atoms with Crippen molar-refractivity contribution in [2.75, 3.05) is 13.2 Å². The lowest BCUT2D eigenvalue weighted by Crippen LogP contribution is -2.45. The predicted octanol–water partition coefficient (Wildman–Crippen LogP) is -0.146. The van der Waals surface area contributed by atoms with Crippen LogP contribution in [0.2, 0.25) is 0 Å². The van der Waals surface area contributed by atoms with Gasteiger partial charge in [0, 0.05) is 12.6 Å². The van der Waals surface area contributed by atoms with Crippen molar-refractivity contribution in [2.24, 2.45) is 0 Å². The molecule has 3 unspecified atom stereocenters. The van der Waals surface area contributed by atoms with Gasteiger partial charge in [-0.15, -0.1) is 0 Å². The molecule has 1 saturated heterocycles. The number of sulfonamides is 1. The van der Waals surface area contributed by atoms with Gasteiger partial charge in [-0.25, -0.2) is 13.1 Å². The van der Waals surface area contributed by atoms with Crippen LogP contribution >= 0.6 is 0 Å². The van der Waals surface area contributed by atoms with Gasteiger partial charge in [-0.05, 0) is 26.7 Å². The summed E-state index contributed by atoms with van der Waals surface area (Å²) in [6, 6.07) is -0.230. The van der Waals surface area contributed by atoms with Crippen LogP contribution in [0.3, 0.4) is 0 Å². The zero-order chi connectivity index (χ0) is 11.5. The van der Waals surface area contributed by atoms with Gasteiger partial charge in [0.25, 0.3) is 0 Å². The molecule has 0 amide bonds. The minimum absolute atomic E-state index is 0.0364. The normalized spacial score (nSPS) is 26.5. The summed E-state index contributed by atoms with van der Waals surface area (Å²) in [5, 5.41) is 8.02. The minimum atomic E-state index is -3.43. The Hall–Kier alpha value is -0.170. The molecule has 15 heavy (non-hydrogen) atoms. The van der Waals surface area contributed by atoms with Gasteiger partial charge in [-0.1, -0.05) is 0 Å². The molecule has 1 aliphatic heterocycles. The molecular formula is C9H19NO4S. The molecule has 5 nitrogen and oxygen atoms in total. The first kappa shape index (κ1) is 12.9. The first-order valence-corrected chi connectivity index (χ1v) is 6.75. The Morgan fingerprint density at radius 2 is 2.20 bits per heavy atom. The number of hydrogen-bond donors (Lipinski definition) is 2. The van der Waals surface area contributed by atoms with Crippen LogP contribution in [0.4, 0.5) is 0 Å². The molecule has 0 aromatic carbocycles. The lowest BCUT2D eigenvalue weighted by Gasteiger charge is -2.21. The Morgan fingerprint density at radius 3 is 2.67 bits per heavy atom. The standard InChI is InChI=1S/C9H19NO4S/c1-7(6-11)15(12,13)10-8(2)9-4-3-5-14-9/h7-11H,3-6H2,1-2H3. The summed E-state index contributed by atoms with van der Waals surface area (Å²) >= 11 is 0. The molecule has 90 valence electrons. The third kappa shape index (κ3) is 3.41. The summed E-state index contributed by atoms with van der Waals surface area (Å²) < 4.78 is 31.1. The number of aliphatic hydroxyl groups is 1. The van der Waals surface area contributed by atoms with Gasteiger partial charge in [0.05, 0.1) is 18.0 Å². The highest BCUT2D eigenvalue weighted by Gasteiger charge is 2.28. The highest BCUT2D eigenvalue weighted by Crippen LogP contribution is 2.16. The van der Waals surface area contributed by atoms with Crippen LogP contribution in [-0.4, -0.2) is 44.1 Å². The zero-order valence-electron chi connectivity index (χ0n) is 9.14. The van der Waals surface area contributed by atoms with E-state index in [1.165, 1.54) is 6.92 Å². The lowest BCUT2D eigenvalue weighted by molar-refractivity contribution is 0.0901. The van der Waals surface area contributed by atoms with Gasteiger partial charge in [0.2, 0.25) is 10.0 Å². The fourth-order valence-corrected chi connectivity index (χ4v) is 2.64. The molecule has 0 aliphatic carbocycles. The lowest BCUT2D eigenvalue weighted by atomic mass is 10.1. The fourth-order valence-electron chi connectivity index (χ4n) is 1.55. The summed E-state index contributed by atoms with van der Waals surface area (Å²) in [6.07, 6.45) is 1.83. The number of nitrogens with one attached hydrogen (secondary N) is 1. The predicted molar refractivity (Wildman–Crippen MR) is 57.0 cm³/mol. The minimum Gasteiger partial charge on any atom is -0.395 e. The van der Waals surface area contributed by atoms with Gasteiger partial charge in [0.1, 0.15) is 0 Å². The first-order valence-electron chi connectivity index (χ1n) is 5.21. The second-order valence-electron chi connectivity index (χ2n) is 4.00. The van der Waals surface area contributed by atoms with E-state index in [2.05, 4.69) is 4.72 Å². The maximum Gasteiger partial charge on any atom is 0.216 e. The Kier molecular flexibility index (Phi) is 4.51. The van der Waals surface area contributed by atoms with E-state index in [0.717, 1.165) is 12.8 Å². The Morgan fingerprint density at radius 1 is 1.53 bits per heavy atom. The van der Waals surface area contributed by atoms with Crippen molar-refractivity contribution in [3.63, 3.8) is 0 Å². The summed E-state index contributed by atoms with van der Waals surface area (Å²) in [7, 11) is -3.43. The Balaban J connectivity index is 2.52. The van der Waals surface area contributed by atoms with Crippen LogP contribution in [-0.2, 0) is 14.8 Å². The largest absolute Gasteiger partial charge is 0.395 e. The highest BCUT2D eigenvalue weighted by molar-refractivity contribution is 7.90. The smallest absolute Gasteiger partial charge is 0.216 e. The monoisotopic (exact) mass is 237 g/mol. The van der Waals surface area contributed by atoms with E-state index in [1.54, 1.807) is 6.92 Å². The summed E-state index contributed by atoms with van der Waals surface area (Å²) in [5.74, 6) is 0. The van der Waals surface area contributed by atoms with Crippen LogP contribution < -0.4 is 4.72 Å². The van der Waals surface area contributed by atoms with Gasteiger partial charge >= 0.3 is 0 Å². The fraction of sp³-hybridized carbons (Fsp3) is 1.00. The number of rotatable bonds is 5. The summed E-state index contributed by atoms with van der Waals surface area (Å²) in [6.45, 7) is 3.60. The summed E-state index contributed by atoms with van der Waals surface area (Å²) in [5.41, 5.74) is 0. The van der Waals surface area contributed by atoms with E-state index in [4.69, 9.17) is 9.84 Å². The second-order valence-corrected chi connectivity index (χ2v) is 6.13. The molecule has 0 spiro atoms. The van der Waals surface area contributed by atoms with E-state index in [-0.39, 0.29) is 18.8 Å². The number of aliphatic hydroxyl groups excluding tert-OH is 1. The van der Waals surface area contributed by atoms with E-state index in [9.17, 15) is 8.42 Å². The van der Waals surface area contributed by atoms with Crippen molar-refractivity contribution in [1.82, 2.24) is 4.72 Å². The molecule has 2 N–H and O–H groups in total. The van der Waals surface area contributed by atoms with Crippen molar-refractivity contribution in [2.45, 2.75) is 44.1 Å². The number of hydrogen-bond acceptors (Lipinski definition) is 4. The summed E-state index contributed by atoms with van der Waals surface area (Å²) in [4.78, 5) is 0. The van der Waals surface area contributed by atoms with Crippen LogP contribution in [0.25, 0.3) is 0 Å². The van der Waals surface area contributed by atoms with E-state index in [1.807, 2.05) is 0 Å². The first-order chi connectivity index (χ1) is 6.97. The van der Waals surface area contributed by atoms with Crippen LogP contribution in [0.15, 0.2) is 0 Å². The molecule has 1 fully saturated rings. The Bertz CT molecular complexity index is 284. The topological polar surface area (TPSA) is 75.6 Å². The molecule has 0 radical (unpaired) electrons. The molecule has 0 aromatic rings. The molecule has 0 bridgehead atoms. The third-order valence-corrected chi connectivity index (χ3v) is 4.57. The van der Waals surface area contributed by atoms with Crippen molar-refractivity contribution in [3.05, 3.63) is 0 Å². The van der Waals surface area contributed by atoms with Crippen molar-refractivity contribution < 1.29 is 18.3 Å². The van der Waals surface area contributed by atoms with Crippen molar-refractivity contribution in [1.29, 1.82) is 0 Å². The third-order valence-electron chi connectivity index (χ3n) is 2.66. The zero-order valence-corrected chi connectivity index (χ0v) is 9.96. The molecule has 0 saturated carbocycles. The van der Waals surface area contributed by atoms with Gasteiger partial charge in [-0.2, -0.15) is 0 Å². The quantitative estimate of drug-likeness (QED) is 0.697. The maximum atomic E-state index is 11.6. The van der Waals surface area contributed by atoms with Gasteiger partial charge < -0.3 is 9.84 Å². The average Bonchev–Trinajstić information content (AvgIpc) is 2.68. The molecule has 1 rings (SSSR count). The average molecular weight is 237 g/mol. The molecule has 1 aliphatic rings. The van der Waals surface area contributed by atoms with Gasteiger partial charge in [0.15, 0.2) is 0 Å². The van der Waals surface area contributed by atoms with Crippen LogP contribution in [0.5, 0.6) is 0 Å². The van der Waals surface area contributed by atoms with Crippen LogP contribution in [0.1, 0.15) is 26.7 Å². The van der Waals surface area contributed by atoms with E-state index >= 15 is 0 Å².